The molecule has 0 aliphatic carbocycles. The summed E-state index contributed by atoms with van der Waals surface area (Å²) in [5.74, 6) is 0. The lowest BCUT2D eigenvalue weighted by Crippen LogP contribution is -2.28. The number of thiol groups is 1. The summed E-state index contributed by atoms with van der Waals surface area (Å²) in [4.78, 5) is 11.9. The summed E-state index contributed by atoms with van der Waals surface area (Å²) in [5.41, 5.74) is 3.06. The van der Waals surface area contributed by atoms with Gasteiger partial charge < -0.3 is 10.6 Å². The zero-order chi connectivity index (χ0) is 19.1. The number of amides is 2. The lowest BCUT2D eigenvalue weighted by Gasteiger charge is -2.17. The van der Waals surface area contributed by atoms with Crippen LogP contribution in [0.15, 0.2) is 67.0 Å². The van der Waals surface area contributed by atoms with Gasteiger partial charge in [0.25, 0.3) is 0 Å². The Morgan fingerprint density at radius 3 is 2.37 bits per heavy atom. The van der Waals surface area contributed by atoms with E-state index in [9.17, 15) is 13.2 Å². The van der Waals surface area contributed by atoms with E-state index in [1.54, 1.807) is 36.7 Å². The van der Waals surface area contributed by atoms with Gasteiger partial charge in [-0.15, -0.1) is 0 Å². The third-order valence-corrected chi connectivity index (χ3v) is 4.35. The zero-order valence-electron chi connectivity index (χ0n) is 14.3. The molecule has 1 atom stereocenters. The molecule has 0 aliphatic rings. The number of aromatic nitrogens is 2. The van der Waals surface area contributed by atoms with Gasteiger partial charge in [-0.05, 0) is 23.3 Å². The summed E-state index contributed by atoms with van der Waals surface area (Å²) < 4.78 is 24.9. The standard InChI is InChI=1S/C18H19N5O3S/c24-18(19-10-13-11-20-21-12-13)22-16-8-6-15(7-9-16)17(23-27(25)26)14-4-2-1-3-5-14/h1-9,11-12,17,27H,10H2,(H,20,21)(H2,19,22,24)(H,23,25,26). The van der Waals surface area contributed by atoms with E-state index < -0.39 is 16.9 Å². The molecule has 0 saturated heterocycles. The van der Waals surface area contributed by atoms with Gasteiger partial charge in [-0.2, -0.15) is 5.10 Å². The van der Waals surface area contributed by atoms with Crippen molar-refractivity contribution in [3.63, 3.8) is 0 Å². The van der Waals surface area contributed by atoms with Gasteiger partial charge in [0, 0.05) is 24.0 Å². The number of nitrogens with one attached hydrogen (secondary N) is 4. The molecule has 0 spiro atoms. The molecule has 1 unspecified atom stereocenters. The Morgan fingerprint density at radius 1 is 1.04 bits per heavy atom. The first-order valence-electron chi connectivity index (χ1n) is 8.20. The Morgan fingerprint density at radius 2 is 1.74 bits per heavy atom. The van der Waals surface area contributed by atoms with Crippen LogP contribution in [0.4, 0.5) is 10.5 Å². The third-order valence-electron chi connectivity index (χ3n) is 3.88. The van der Waals surface area contributed by atoms with Crippen molar-refractivity contribution in [2.45, 2.75) is 12.6 Å². The van der Waals surface area contributed by atoms with Crippen LogP contribution in [0.1, 0.15) is 22.7 Å². The second kappa shape index (κ2) is 8.97. The highest BCUT2D eigenvalue weighted by Crippen LogP contribution is 2.23. The molecule has 27 heavy (non-hydrogen) atoms. The fourth-order valence-electron chi connectivity index (χ4n) is 2.58. The highest BCUT2D eigenvalue weighted by atomic mass is 32.2. The molecule has 2 amide bonds. The molecule has 1 heterocycles. The molecule has 3 rings (SSSR count). The average molecular weight is 385 g/mol. The van der Waals surface area contributed by atoms with E-state index in [1.165, 1.54) is 0 Å². The highest BCUT2D eigenvalue weighted by molar-refractivity contribution is 7.70. The second-order valence-electron chi connectivity index (χ2n) is 5.77. The molecule has 0 bridgehead atoms. The first-order valence-corrected chi connectivity index (χ1v) is 9.37. The normalized spacial score (nSPS) is 11.9. The first-order chi connectivity index (χ1) is 13.1. The van der Waals surface area contributed by atoms with Gasteiger partial charge in [-0.1, -0.05) is 42.5 Å². The van der Waals surface area contributed by atoms with Gasteiger partial charge in [0.15, 0.2) is 0 Å². The van der Waals surface area contributed by atoms with Crippen molar-refractivity contribution in [3.05, 3.63) is 83.7 Å². The molecule has 8 nitrogen and oxygen atoms in total. The van der Waals surface area contributed by atoms with Crippen molar-refractivity contribution < 1.29 is 13.2 Å². The van der Waals surface area contributed by atoms with E-state index in [-0.39, 0.29) is 6.03 Å². The van der Waals surface area contributed by atoms with E-state index in [0.29, 0.717) is 12.2 Å². The number of hydrogen-bond donors (Lipinski definition) is 5. The van der Waals surface area contributed by atoms with Crippen LogP contribution in [0.2, 0.25) is 0 Å². The van der Waals surface area contributed by atoms with Crippen LogP contribution < -0.4 is 15.4 Å². The molecule has 4 N–H and O–H groups in total. The summed E-state index contributed by atoms with van der Waals surface area (Å²) in [5, 5.41) is 11.9. The van der Waals surface area contributed by atoms with Crippen molar-refractivity contribution in [1.29, 1.82) is 0 Å². The minimum absolute atomic E-state index is 0.343. The first kappa shape index (κ1) is 18.6. The molecular formula is C18H19N5O3S. The number of benzene rings is 2. The molecule has 140 valence electrons. The number of H-pyrrole nitrogens is 1. The van der Waals surface area contributed by atoms with Crippen molar-refractivity contribution in [2.24, 2.45) is 0 Å². The molecule has 0 fully saturated rings. The third kappa shape index (κ3) is 5.40. The predicted octanol–water partition coefficient (Wildman–Crippen LogP) is 1.94. The SMILES string of the molecule is O=C(NCc1cn[nH]c1)Nc1ccc(C(N[SH](=O)=O)c2ccccc2)cc1. The van der Waals surface area contributed by atoms with E-state index in [2.05, 4.69) is 25.6 Å². The summed E-state index contributed by atoms with van der Waals surface area (Å²) in [6, 6.07) is 15.4. The fraction of sp³-hybridized carbons (Fsp3) is 0.111. The predicted molar refractivity (Wildman–Crippen MR) is 103 cm³/mol. The van der Waals surface area contributed by atoms with Crippen LogP contribution in [0, 0.1) is 0 Å². The zero-order valence-corrected chi connectivity index (χ0v) is 15.1. The number of carbonyl (C=O) groups excluding carboxylic acids is 1. The van der Waals surface area contributed by atoms with Crippen molar-refractivity contribution >= 4 is 22.6 Å². The molecule has 3 aromatic rings. The highest BCUT2D eigenvalue weighted by Gasteiger charge is 2.14. The van der Waals surface area contributed by atoms with Crippen molar-refractivity contribution in [1.82, 2.24) is 20.2 Å². The van der Waals surface area contributed by atoms with Crippen molar-refractivity contribution in [2.75, 3.05) is 5.32 Å². The molecule has 2 aromatic carbocycles. The Balaban J connectivity index is 1.66. The largest absolute Gasteiger partial charge is 0.334 e. The van der Waals surface area contributed by atoms with Crippen molar-refractivity contribution in [3.8, 4) is 0 Å². The summed E-state index contributed by atoms with van der Waals surface area (Å²) in [6.07, 6.45) is 3.33. The quantitative estimate of drug-likeness (QED) is 0.400. The molecule has 1 aromatic heterocycles. The van der Waals surface area contributed by atoms with Crippen LogP contribution in [-0.2, 0) is 17.4 Å². The maximum absolute atomic E-state index is 11.9. The van der Waals surface area contributed by atoms with Gasteiger partial charge in [-0.25, -0.2) is 17.9 Å². The lowest BCUT2D eigenvalue weighted by molar-refractivity contribution is 0.251. The van der Waals surface area contributed by atoms with Crippen LogP contribution >= 0.6 is 0 Å². The van der Waals surface area contributed by atoms with Gasteiger partial charge in [-0.3, -0.25) is 5.10 Å². The Hall–Kier alpha value is -3.17. The Labute approximate surface area is 158 Å². The Kier molecular flexibility index (Phi) is 6.18. The van der Waals surface area contributed by atoms with E-state index in [0.717, 1.165) is 16.7 Å². The van der Waals surface area contributed by atoms with E-state index in [1.807, 2.05) is 30.3 Å². The number of rotatable bonds is 7. The maximum Gasteiger partial charge on any atom is 0.319 e. The smallest absolute Gasteiger partial charge is 0.319 e. The molecule has 0 radical (unpaired) electrons. The van der Waals surface area contributed by atoms with Crippen LogP contribution in [0.5, 0.6) is 0 Å². The van der Waals surface area contributed by atoms with Gasteiger partial charge in [0.05, 0.1) is 12.2 Å². The molecule has 0 saturated carbocycles. The number of aromatic amines is 1. The molecule has 0 aliphatic heterocycles. The molecular weight excluding hydrogens is 366 g/mol. The fourth-order valence-corrected chi connectivity index (χ4v) is 3.09. The Bertz CT molecular complexity index is 933. The number of nitrogens with zero attached hydrogens (tertiary/aromatic N) is 1. The number of hydrogen-bond acceptors (Lipinski definition) is 4. The number of anilines is 1. The van der Waals surface area contributed by atoms with Gasteiger partial charge in [0.1, 0.15) is 0 Å². The summed E-state index contributed by atoms with van der Waals surface area (Å²) in [7, 11) is -2.77. The van der Waals surface area contributed by atoms with Gasteiger partial charge >= 0.3 is 6.03 Å². The molecule has 9 heteroatoms. The van der Waals surface area contributed by atoms with Crippen LogP contribution in [0.3, 0.4) is 0 Å². The summed E-state index contributed by atoms with van der Waals surface area (Å²) >= 11 is 0. The number of urea groups is 1. The lowest BCUT2D eigenvalue weighted by atomic mass is 9.99. The monoisotopic (exact) mass is 385 g/mol. The second-order valence-corrected chi connectivity index (χ2v) is 6.54. The summed E-state index contributed by atoms with van der Waals surface area (Å²) in [6.45, 7) is 0.358. The van der Waals surface area contributed by atoms with Crippen LogP contribution in [0.25, 0.3) is 0 Å². The van der Waals surface area contributed by atoms with E-state index >= 15 is 0 Å². The van der Waals surface area contributed by atoms with E-state index in [4.69, 9.17) is 0 Å². The minimum Gasteiger partial charge on any atom is -0.334 e. The minimum atomic E-state index is -2.77. The maximum atomic E-state index is 11.9. The van der Waals surface area contributed by atoms with Gasteiger partial charge in [0.2, 0.25) is 10.9 Å². The van der Waals surface area contributed by atoms with Crippen LogP contribution in [-0.4, -0.2) is 24.6 Å². The number of carbonyl (C=O) groups is 1. The topological polar surface area (TPSA) is 116 Å². The average Bonchev–Trinajstić information content (AvgIpc) is 3.19.